The summed E-state index contributed by atoms with van der Waals surface area (Å²) in [5, 5.41) is 3.13. The molecule has 2 saturated heterocycles. The van der Waals surface area contributed by atoms with Crippen LogP contribution in [0.15, 0.2) is 72.8 Å². The lowest BCUT2D eigenvalue weighted by Gasteiger charge is -2.37. The molecule has 0 radical (unpaired) electrons. The van der Waals surface area contributed by atoms with E-state index in [4.69, 9.17) is 4.74 Å². The van der Waals surface area contributed by atoms with E-state index in [9.17, 15) is 4.79 Å². The summed E-state index contributed by atoms with van der Waals surface area (Å²) in [4.78, 5) is 22.9. The molecule has 1 unspecified atom stereocenters. The first-order valence-corrected chi connectivity index (χ1v) is 14.2. The lowest BCUT2D eigenvalue weighted by Crippen LogP contribution is -2.46. The molecular weight excluding hydrogens is 486 g/mol. The van der Waals surface area contributed by atoms with Gasteiger partial charge in [-0.05, 0) is 54.1 Å². The highest BCUT2D eigenvalue weighted by Gasteiger charge is 2.26. The van der Waals surface area contributed by atoms with E-state index in [-0.39, 0.29) is 12.1 Å². The van der Waals surface area contributed by atoms with E-state index in [1.165, 1.54) is 28.1 Å². The van der Waals surface area contributed by atoms with Crippen molar-refractivity contribution in [1.29, 1.82) is 0 Å². The van der Waals surface area contributed by atoms with Crippen LogP contribution in [0.25, 0.3) is 0 Å². The zero-order valence-corrected chi connectivity index (χ0v) is 22.9. The average molecular weight is 526 g/mol. The molecular formula is C32H39N5O2. The van der Waals surface area contributed by atoms with Gasteiger partial charge in [0.15, 0.2) is 0 Å². The largest absolute Gasteiger partial charge is 0.369 e. The molecule has 0 saturated carbocycles. The van der Waals surface area contributed by atoms with Gasteiger partial charge in [-0.2, -0.15) is 0 Å². The third-order valence-corrected chi connectivity index (χ3v) is 8.33. The Labute approximate surface area is 232 Å². The van der Waals surface area contributed by atoms with E-state index in [0.29, 0.717) is 18.6 Å². The molecule has 3 aromatic carbocycles. The second-order valence-corrected chi connectivity index (χ2v) is 11.0. The van der Waals surface area contributed by atoms with Gasteiger partial charge in [0.1, 0.15) is 6.23 Å². The topological polar surface area (TPSA) is 51.3 Å². The predicted octanol–water partition coefficient (Wildman–Crippen LogP) is 3.59. The summed E-state index contributed by atoms with van der Waals surface area (Å²) in [5.74, 6) is -0.0836. The number of hydrogen-bond donors (Lipinski definition) is 1. The van der Waals surface area contributed by atoms with E-state index in [0.717, 1.165) is 58.9 Å². The van der Waals surface area contributed by atoms with Gasteiger partial charge in [0.2, 0.25) is 0 Å². The van der Waals surface area contributed by atoms with Crippen molar-refractivity contribution in [2.45, 2.75) is 25.8 Å². The molecule has 1 N–H and O–H groups in total. The number of nitrogens with one attached hydrogen (secondary N) is 1. The number of likely N-dealkylation sites (N-methyl/N-ethyl adjacent to an activating group) is 1. The number of ether oxygens (including phenoxy) is 1. The molecule has 3 heterocycles. The molecule has 7 heteroatoms. The smallest absolute Gasteiger partial charge is 0.253 e. The van der Waals surface area contributed by atoms with Crippen LogP contribution in [-0.2, 0) is 24.3 Å². The Morgan fingerprint density at radius 3 is 2.28 bits per heavy atom. The number of amides is 1. The molecule has 39 heavy (non-hydrogen) atoms. The molecule has 0 aliphatic carbocycles. The number of carbonyl (C=O) groups is 1. The van der Waals surface area contributed by atoms with Crippen LogP contribution in [0.1, 0.15) is 27.0 Å². The Kier molecular flexibility index (Phi) is 7.81. The fourth-order valence-corrected chi connectivity index (χ4v) is 5.92. The minimum atomic E-state index is -0.323. The van der Waals surface area contributed by atoms with Gasteiger partial charge in [0.05, 0.1) is 6.61 Å². The molecule has 6 rings (SSSR count). The van der Waals surface area contributed by atoms with Crippen LogP contribution < -0.4 is 15.1 Å². The van der Waals surface area contributed by atoms with Crippen molar-refractivity contribution in [2.24, 2.45) is 0 Å². The van der Waals surface area contributed by atoms with Gasteiger partial charge in [0, 0.05) is 82.3 Å². The lowest BCUT2D eigenvalue weighted by molar-refractivity contribution is 0.00787. The highest BCUT2D eigenvalue weighted by molar-refractivity contribution is 5.94. The quantitative estimate of drug-likeness (QED) is 0.531. The Balaban J connectivity index is 1.03. The van der Waals surface area contributed by atoms with Crippen molar-refractivity contribution in [1.82, 2.24) is 15.1 Å². The third-order valence-electron chi connectivity index (χ3n) is 8.33. The Hall–Kier alpha value is -3.39. The zero-order valence-electron chi connectivity index (χ0n) is 22.9. The van der Waals surface area contributed by atoms with E-state index >= 15 is 0 Å². The maximum atomic E-state index is 13.1. The molecule has 7 nitrogen and oxygen atoms in total. The summed E-state index contributed by atoms with van der Waals surface area (Å²) in [5.41, 5.74) is 7.03. The highest BCUT2D eigenvalue weighted by atomic mass is 16.5. The minimum absolute atomic E-state index is 0.0836. The monoisotopic (exact) mass is 525 g/mol. The second kappa shape index (κ2) is 11.8. The van der Waals surface area contributed by atoms with E-state index in [2.05, 4.69) is 92.6 Å². The second-order valence-electron chi connectivity index (χ2n) is 11.0. The van der Waals surface area contributed by atoms with Crippen LogP contribution in [-0.4, -0.2) is 81.3 Å². The van der Waals surface area contributed by atoms with Crippen LogP contribution >= 0.6 is 0 Å². The number of nitrogens with zero attached hydrogens (tertiary/aromatic N) is 4. The maximum absolute atomic E-state index is 13.1. The van der Waals surface area contributed by atoms with Gasteiger partial charge in [-0.3, -0.25) is 9.69 Å². The molecule has 3 aliphatic heterocycles. The fraction of sp³-hybridized carbons (Fsp3) is 0.406. The Morgan fingerprint density at radius 1 is 0.821 bits per heavy atom. The van der Waals surface area contributed by atoms with Crippen molar-refractivity contribution in [2.75, 3.05) is 69.2 Å². The summed E-state index contributed by atoms with van der Waals surface area (Å²) in [6.07, 6.45) is 0.366. The Morgan fingerprint density at radius 2 is 1.54 bits per heavy atom. The van der Waals surface area contributed by atoms with Crippen LogP contribution in [0.2, 0.25) is 0 Å². The fourth-order valence-electron chi connectivity index (χ4n) is 5.92. The SMILES string of the molecule is CN1CCN(c2cccc3c2CC(NC(=O)c2ccc(N4CCN(Cc5ccccc5)CC4)cc2)OC3)CC1. The molecule has 1 amide bonds. The zero-order chi connectivity index (χ0) is 26.6. The molecule has 0 aromatic heterocycles. The van der Waals surface area contributed by atoms with Crippen molar-refractivity contribution in [3.63, 3.8) is 0 Å². The minimum Gasteiger partial charge on any atom is -0.369 e. The number of benzene rings is 3. The molecule has 0 spiro atoms. The standard InChI is InChI=1S/C32H39N5O2/c1-34-14-18-37(19-15-34)30-9-5-8-27-24-39-31(22-29(27)30)33-32(38)26-10-12-28(13-11-26)36-20-16-35(17-21-36)23-25-6-3-2-4-7-25/h2-13,31H,14-24H2,1H3,(H,33,38). The Bertz CT molecular complexity index is 1250. The number of anilines is 2. The van der Waals surface area contributed by atoms with Crippen molar-refractivity contribution < 1.29 is 9.53 Å². The molecule has 204 valence electrons. The van der Waals surface area contributed by atoms with Crippen LogP contribution in [0.4, 0.5) is 11.4 Å². The number of piperazine rings is 2. The predicted molar refractivity (Wildman–Crippen MR) is 156 cm³/mol. The third kappa shape index (κ3) is 6.11. The summed E-state index contributed by atoms with van der Waals surface area (Å²) in [6, 6.07) is 25.2. The molecule has 2 fully saturated rings. The maximum Gasteiger partial charge on any atom is 0.253 e. The van der Waals surface area contributed by atoms with E-state index in [1.54, 1.807) is 0 Å². The normalized spacial score (nSPS) is 20.5. The lowest BCUT2D eigenvalue weighted by atomic mass is 9.98. The summed E-state index contributed by atoms with van der Waals surface area (Å²) in [6.45, 7) is 9.77. The number of rotatable bonds is 6. The number of carbonyl (C=O) groups excluding carboxylic acids is 1. The average Bonchev–Trinajstić information content (AvgIpc) is 2.98. The van der Waals surface area contributed by atoms with Gasteiger partial charge >= 0.3 is 0 Å². The van der Waals surface area contributed by atoms with Crippen molar-refractivity contribution in [3.05, 3.63) is 95.1 Å². The highest BCUT2D eigenvalue weighted by Crippen LogP contribution is 2.30. The van der Waals surface area contributed by atoms with Gasteiger partial charge in [0.25, 0.3) is 5.91 Å². The first-order valence-electron chi connectivity index (χ1n) is 14.2. The van der Waals surface area contributed by atoms with Crippen LogP contribution in [0, 0.1) is 0 Å². The van der Waals surface area contributed by atoms with Gasteiger partial charge in [-0.15, -0.1) is 0 Å². The summed E-state index contributed by atoms with van der Waals surface area (Å²) < 4.78 is 6.06. The summed E-state index contributed by atoms with van der Waals surface area (Å²) in [7, 11) is 2.18. The number of hydrogen-bond acceptors (Lipinski definition) is 6. The van der Waals surface area contributed by atoms with E-state index < -0.39 is 0 Å². The first-order chi connectivity index (χ1) is 19.1. The van der Waals surface area contributed by atoms with Crippen molar-refractivity contribution >= 4 is 17.3 Å². The van der Waals surface area contributed by atoms with Gasteiger partial charge in [-0.1, -0.05) is 42.5 Å². The van der Waals surface area contributed by atoms with Crippen molar-refractivity contribution in [3.8, 4) is 0 Å². The molecule has 3 aromatic rings. The van der Waals surface area contributed by atoms with E-state index in [1.807, 2.05) is 12.1 Å². The molecule has 1 atom stereocenters. The number of fused-ring (bicyclic) bond motifs is 1. The molecule has 3 aliphatic rings. The first kappa shape index (κ1) is 25.9. The summed E-state index contributed by atoms with van der Waals surface area (Å²) >= 11 is 0. The van der Waals surface area contributed by atoms with Gasteiger partial charge in [-0.25, -0.2) is 0 Å². The van der Waals surface area contributed by atoms with Gasteiger partial charge < -0.3 is 24.8 Å². The van der Waals surface area contributed by atoms with Crippen LogP contribution in [0.3, 0.4) is 0 Å². The molecule has 0 bridgehead atoms. The van der Waals surface area contributed by atoms with Crippen LogP contribution in [0.5, 0.6) is 0 Å².